The van der Waals surface area contributed by atoms with Gasteiger partial charge in [-0.15, -0.1) is 0 Å². The summed E-state index contributed by atoms with van der Waals surface area (Å²) < 4.78 is 5.01. The fraction of sp³-hybridized carbons (Fsp3) is 0.600. The van der Waals surface area contributed by atoms with Gasteiger partial charge in [-0.1, -0.05) is 19.3 Å². The summed E-state index contributed by atoms with van der Waals surface area (Å²) in [7, 11) is 1.57. The second kappa shape index (κ2) is 7.24. The molecule has 0 unspecified atom stereocenters. The predicted molar refractivity (Wildman–Crippen MR) is 73.5 cm³/mol. The number of rotatable bonds is 5. The second-order valence-corrected chi connectivity index (χ2v) is 5.10. The number of carbonyl (C=O) groups is 1. The number of carbonyl (C=O) groups excluding carboxylic acids is 1. The predicted octanol–water partition coefficient (Wildman–Crippen LogP) is 2.39. The molecule has 2 rings (SSSR count). The first-order chi connectivity index (χ1) is 9.31. The summed E-state index contributed by atoms with van der Waals surface area (Å²) in [5.74, 6) is 0.0891. The minimum Gasteiger partial charge on any atom is -0.375 e. The Bertz CT molecular complexity index is 388. The van der Waals surface area contributed by atoms with E-state index in [0.717, 1.165) is 18.4 Å². The Hall–Kier alpha value is -1.42. The van der Waals surface area contributed by atoms with E-state index in [1.54, 1.807) is 19.5 Å². The first-order valence-electron chi connectivity index (χ1n) is 6.98. The van der Waals surface area contributed by atoms with E-state index in [-0.39, 0.29) is 12.5 Å². The standard InChI is InChI=1S/C15H22N2O2/c1-19-12-15(18)17(14-5-3-2-4-6-14)11-13-7-9-16-10-8-13/h7-10,14H,2-6,11-12H2,1H3. The highest BCUT2D eigenvalue weighted by molar-refractivity contribution is 5.77. The molecule has 1 saturated carbocycles. The number of hydrogen-bond acceptors (Lipinski definition) is 3. The van der Waals surface area contributed by atoms with E-state index < -0.39 is 0 Å². The van der Waals surface area contributed by atoms with Crippen LogP contribution in [0.1, 0.15) is 37.7 Å². The molecule has 0 saturated heterocycles. The average molecular weight is 262 g/mol. The van der Waals surface area contributed by atoms with Gasteiger partial charge < -0.3 is 9.64 Å². The number of nitrogens with zero attached hydrogens (tertiary/aromatic N) is 2. The highest BCUT2D eigenvalue weighted by atomic mass is 16.5. The van der Waals surface area contributed by atoms with Gasteiger partial charge in [0.2, 0.25) is 5.91 Å². The van der Waals surface area contributed by atoms with Crippen molar-refractivity contribution >= 4 is 5.91 Å². The van der Waals surface area contributed by atoms with Gasteiger partial charge in [0.25, 0.3) is 0 Å². The molecule has 0 aliphatic heterocycles. The van der Waals surface area contributed by atoms with Crippen LogP contribution in [0.2, 0.25) is 0 Å². The molecule has 19 heavy (non-hydrogen) atoms. The van der Waals surface area contributed by atoms with Crippen LogP contribution < -0.4 is 0 Å². The van der Waals surface area contributed by atoms with E-state index in [2.05, 4.69) is 4.98 Å². The summed E-state index contributed by atoms with van der Waals surface area (Å²) in [6.45, 7) is 0.830. The van der Waals surface area contributed by atoms with Gasteiger partial charge in [0, 0.05) is 32.1 Å². The Morgan fingerprint density at radius 3 is 2.63 bits per heavy atom. The molecule has 0 spiro atoms. The quantitative estimate of drug-likeness (QED) is 0.818. The molecule has 1 aliphatic rings. The van der Waals surface area contributed by atoms with Crippen LogP contribution in [0, 0.1) is 0 Å². The molecule has 1 heterocycles. The highest BCUT2D eigenvalue weighted by Crippen LogP contribution is 2.24. The Morgan fingerprint density at radius 2 is 2.00 bits per heavy atom. The van der Waals surface area contributed by atoms with Crippen LogP contribution in [0.4, 0.5) is 0 Å². The van der Waals surface area contributed by atoms with Crippen LogP contribution in [0.3, 0.4) is 0 Å². The molecule has 0 aromatic carbocycles. The van der Waals surface area contributed by atoms with E-state index in [9.17, 15) is 4.79 Å². The van der Waals surface area contributed by atoms with Crippen molar-refractivity contribution in [2.24, 2.45) is 0 Å². The zero-order valence-electron chi connectivity index (χ0n) is 11.5. The summed E-state index contributed by atoms with van der Waals surface area (Å²) >= 11 is 0. The molecule has 0 atom stereocenters. The molecule has 0 N–H and O–H groups in total. The largest absolute Gasteiger partial charge is 0.375 e. The summed E-state index contributed by atoms with van der Waals surface area (Å²) in [4.78, 5) is 18.2. The van der Waals surface area contributed by atoms with Crippen LogP contribution >= 0.6 is 0 Å². The monoisotopic (exact) mass is 262 g/mol. The lowest BCUT2D eigenvalue weighted by atomic mass is 9.94. The molecular formula is C15H22N2O2. The summed E-state index contributed by atoms with van der Waals surface area (Å²) in [6, 6.07) is 4.30. The van der Waals surface area contributed by atoms with E-state index >= 15 is 0 Å². The van der Waals surface area contributed by atoms with Crippen molar-refractivity contribution in [3.63, 3.8) is 0 Å². The minimum atomic E-state index is 0.0891. The van der Waals surface area contributed by atoms with Crippen molar-refractivity contribution in [2.45, 2.75) is 44.7 Å². The Balaban J connectivity index is 2.06. The van der Waals surface area contributed by atoms with Crippen molar-refractivity contribution in [3.8, 4) is 0 Å². The molecule has 1 fully saturated rings. The van der Waals surface area contributed by atoms with Gasteiger partial charge in [0.05, 0.1) is 0 Å². The van der Waals surface area contributed by atoms with Crippen molar-refractivity contribution in [2.75, 3.05) is 13.7 Å². The lowest BCUT2D eigenvalue weighted by Crippen LogP contribution is -2.42. The van der Waals surface area contributed by atoms with Crippen LogP contribution in [-0.2, 0) is 16.1 Å². The van der Waals surface area contributed by atoms with Gasteiger partial charge in [-0.3, -0.25) is 9.78 Å². The number of hydrogen-bond donors (Lipinski definition) is 0. The van der Waals surface area contributed by atoms with Crippen molar-refractivity contribution < 1.29 is 9.53 Å². The fourth-order valence-electron chi connectivity index (χ4n) is 2.70. The molecular weight excluding hydrogens is 240 g/mol. The first kappa shape index (κ1) is 14.0. The van der Waals surface area contributed by atoms with Crippen LogP contribution in [0.5, 0.6) is 0 Å². The van der Waals surface area contributed by atoms with Gasteiger partial charge in [-0.05, 0) is 30.5 Å². The zero-order valence-corrected chi connectivity index (χ0v) is 11.5. The van der Waals surface area contributed by atoms with Crippen molar-refractivity contribution in [1.29, 1.82) is 0 Å². The lowest BCUT2D eigenvalue weighted by molar-refractivity contribution is -0.139. The third-order valence-corrected chi connectivity index (χ3v) is 3.71. The number of ether oxygens (including phenoxy) is 1. The van der Waals surface area contributed by atoms with Crippen molar-refractivity contribution in [1.82, 2.24) is 9.88 Å². The fourth-order valence-corrected chi connectivity index (χ4v) is 2.70. The molecule has 1 amide bonds. The zero-order chi connectivity index (χ0) is 13.5. The summed E-state index contributed by atoms with van der Waals surface area (Å²) in [5, 5.41) is 0. The van der Waals surface area contributed by atoms with Crippen LogP contribution in [0.15, 0.2) is 24.5 Å². The van der Waals surface area contributed by atoms with Gasteiger partial charge in [0.15, 0.2) is 0 Å². The Kier molecular flexibility index (Phi) is 5.33. The summed E-state index contributed by atoms with van der Waals surface area (Å²) in [6.07, 6.45) is 9.50. The minimum absolute atomic E-state index is 0.0891. The third kappa shape index (κ3) is 4.03. The normalized spacial score (nSPS) is 16.3. The van der Waals surface area contributed by atoms with Gasteiger partial charge in [0.1, 0.15) is 6.61 Å². The molecule has 1 aromatic heterocycles. The summed E-state index contributed by atoms with van der Waals surface area (Å²) in [5.41, 5.74) is 1.13. The van der Waals surface area contributed by atoms with Crippen LogP contribution in [-0.4, -0.2) is 35.5 Å². The van der Waals surface area contributed by atoms with E-state index in [1.807, 2.05) is 17.0 Å². The number of methoxy groups -OCH3 is 1. The Labute approximate surface area is 114 Å². The number of aromatic nitrogens is 1. The molecule has 1 aliphatic carbocycles. The maximum atomic E-state index is 12.2. The topological polar surface area (TPSA) is 42.4 Å². The molecule has 0 radical (unpaired) electrons. The number of amides is 1. The molecule has 4 heteroatoms. The maximum absolute atomic E-state index is 12.2. The van der Waals surface area contributed by atoms with Gasteiger partial charge in [-0.2, -0.15) is 0 Å². The van der Waals surface area contributed by atoms with Crippen LogP contribution in [0.25, 0.3) is 0 Å². The van der Waals surface area contributed by atoms with E-state index in [1.165, 1.54) is 19.3 Å². The first-order valence-corrected chi connectivity index (χ1v) is 6.98. The Morgan fingerprint density at radius 1 is 1.32 bits per heavy atom. The van der Waals surface area contributed by atoms with Gasteiger partial charge >= 0.3 is 0 Å². The lowest BCUT2D eigenvalue weighted by Gasteiger charge is -2.34. The number of pyridine rings is 1. The van der Waals surface area contributed by atoms with Gasteiger partial charge in [-0.25, -0.2) is 0 Å². The molecule has 104 valence electrons. The molecule has 4 nitrogen and oxygen atoms in total. The maximum Gasteiger partial charge on any atom is 0.249 e. The smallest absolute Gasteiger partial charge is 0.249 e. The van der Waals surface area contributed by atoms with E-state index in [4.69, 9.17) is 4.74 Å². The van der Waals surface area contributed by atoms with Crippen molar-refractivity contribution in [3.05, 3.63) is 30.1 Å². The molecule has 1 aromatic rings. The highest BCUT2D eigenvalue weighted by Gasteiger charge is 2.25. The SMILES string of the molecule is COCC(=O)N(Cc1ccncc1)C1CCCCC1. The average Bonchev–Trinajstić information content (AvgIpc) is 2.47. The second-order valence-electron chi connectivity index (χ2n) is 5.10. The third-order valence-electron chi connectivity index (χ3n) is 3.71. The van der Waals surface area contributed by atoms with E-state index in [0.29, 0.717) is 12.6 Å². The molecule has 0 bridgehead atoms.